The second-order valence-corrected chi connectivity index (χ2v) is 8.30. The van der Waals surface area contributed by atoms with Gasteiger partial charge in [0.05, 0.1) is 30.0 Å². The molecule has 4 rings (SSSR count). The third-order valence-corrected chi connectivity index (χ3v) is 5.94. The highest BCUT2D eigenvalue weighted by molar-refractivity contribution is 7.21. The molecule has 1 aliphatic heterocycles. The normalized spacial score (nSPS) is 16.4. The SMILES string of the molecule is CC(C)(CNCc1ccc(-c2nc3ccccc3s2)o1)N1CCOCC1. The van der Waals surface area contributed by atoms with Crippen molar-refractivity contribution in [3.8, 4) is 10.8 Å². The molecule has 0 radical (unpaired) electrons. The standard InChI is InChI=1S/C20H25N3O2S/c1-20(2,23-9-11-24-12-10-23)14-21-13-15-7-8-17(25-15)19-22-16-5-3-4-6-18(16)26-19/h3-8,21H,9-14H2,1-2H3. The second-order valence-electron chi connectivity index (χ2n) is 7.27. The highest BCUT2D eigenvalue weighted by Crippen LogP contribution is 2.31. The number of furan rings is 1. The Kier molecular flexibility index (Phi) is 5.09. The Hall–Kier alpha value is -1.73. The summed E-state index contributed by atoms with van der Waals surface area (Å²) in [5.41, 5.74) is 1.13. The van der Waals surface area contributed by atoms with Crippen molar-refractivity contribution in [2.45, 2.75) is 25.9 Å². The van der Waals surface area contributed by atoms with Crippen molar-refractivity contribution in [2.75, 3.05) is 32.8 Å². The van der Waals surface area contributed by atoms with Crippen molar-refractivity contribution in [3.63, 3.8) is 0 Å². The Labute approximate surface area is 158 Å². The van der Waals surface area contributed by atoms with E-state index in [2.05, 4.69) is 35.1 Å². The molecule has 0 atom stereocenters. The highest BCUT2D eigenvalue weighted by Gasteiger charge is 2.27. The van der Waals surface area contributed by atoms with Gasteiger partial charge in [-0.15, -0.1) is 11.3 Å². The number of thiazole rings is 1. The molecule has 3 heterocycles. The molecule has 1 N–H and O–H groups in total. The first-order chi connectivity index (χ1) is 12.6. The summed E-state index contributed by atoms with van der Waals surface area (Å²) in [5.74, 6) is 1.78. The maximum Gasteiger partial charge on any atom is 0.163 e. The number of rotatable bonds is 6. The molecule has 138 valence electrons. The molecule has 6 heteroatoms. The number of fused-ring (bicyclic) bond motifs is 1. The minimum Gasteiger partial charge on any atom is -0.457 e. The van der Waals surface area contributed by atoms with Gasteiger partial charge < -0.3 is 14.5 Å². The van der Waals surface area contributed by atoms with Crippen LogP contribution in [0.4, 0.5) is 0 Å². The van der Waals surface area contributed by atoms with Crippen LogP contribution >= 0.6 is 11.3 Å². The Balaban J connectivity index is 1.36. The molecular weight excluding hydrogens is 346 g/mol. The summed E-state index contributed by atoms with van der Waals surface area (Å²) in [6, 6.07) is 12.2. The fourth-order valence-electron chi connectivity index (χ4n) is 3.34. The summed E-state index contributed by atoms with van der Waals surface area (Å²) in [7, 11) is 0. The van der Waals surface area contributed by atoms with E-state index in [-0.39, 0.29) is 5.54 Å². The molecule has 3 aromatic rings. The third kappa shape index (κ3) is 3.83. The number of aromatic nitrogens is 1. The average Bonchev–Trinajstić information content (AvgIpc) is 3.29. The van der Waals surface area contributed by atoms with Crippen LogP contribution in [0.2, 0.25) is 0 Å². The van der Waals surface area contributed by atoms with Crippen LogP contribution in [0.15, 0.2) is 40.8 Å². The fourth-order valence-corrected chi connectivity index (χ4v) is 4.27. The largest absolute Gasteiger partial charge is 0.457 e. The molecule has 0 unspecified atom stereocenters. The maximum atomic E-state index is 6.01. The first-order valence-corrected chi connectivity index (χ1v) is 9.92. The zero-order valence-electron chi connectivity index (χ0n) is 15.3. The summed E-state index contributed by atoms with van der Waals surface area (Å²) in [4.78, 5) is 7.15. The Bertz CT molecular complexity index is 832. The lowest BCUT2D eigenvalue weighted by Crippen LogP contribution is -2.54. The Morgan fingerprint density at radius 3 is 2.77 bits per heavy atom. The number of morpholine rings is 1. The third-order valence-electron chi connectivity index (χ3n) is 4.89. The van der Waals surface area contributed by atoms with Gasteiger partial charge in [-0.25, -0.2) is 4.98 Å². The van der Waals surface area contributed by atoms with Gasteiger partial charge in [-0.3, -0.25) is 4.90 Å². The zero-order chi connectivity index (χ0) is 18.0. The van der Waals surface area contributed by atoms with E-state index in [0.29, 0.717) is 0 Å². The van der Waals surface area contributed by atoms with Gasteiger partial charge in [0.25, 0.3) is 0 Å². The van der Waals surface area contributed by atoms with Crippen molar-refractivity contribution in [1.82, 2.24) is 15.2 Å². The molecule has 1 aliphatic rings. The number of ether oxygens (including phenoxy) is 1. The minimum absolute atomic E-state index is 0.103. The van der Waals surface area contributed by atoms with Gasteiger partial charge >= 0.3 is 0 Å². The first-order valence-electron chi connectivity index (χ1n) is 9.10. The number of hydrogen-bond acceptors (Lipinski definition) is 6. The monoisotopic (exact) mass is 371 g/mol. The summed E-state index contributed by atoms with van der Waals surface area (Å²) in [6.45, 7) is 9.83. The molecule has 5 nitrogen and oxygen atoms in total. The van der Waals surface area contributed by atoms with Crippen LogP contribution in [0.5, 0.6) is 0 Å². The van der Waals surface area contributed by atoms with Crippen LogP contribution in [-0.2, 0) is 11.3 Å². The van der Waals surface area contributed by atoms with Crippen LogP contribution in [0.1, 0.15) is 19.6 Å². The molecular formula is C20H25N3O2S. The molecule has 0 amide bonds. The molecule has 0 spiro atoms. The van der Waals surface area contributed by atoms with E-state index in [1.807, 2.05) is 30.3 Å². The second kappa shape index (κ2) is 7.48. The van der Waals surface area contributed by atoms with Gasteiger partial charge in [-0.1, -0.05) is 12.1 Å². The number of nitrogens with one attached hydrogen (secondary N) is 1. The zero-order valence-corrected chi connectivity index (χ0v) is 16.1. The minimum atomic E-state index is 0.103. The lowest BCUT2D eigenvalue weighted by Gasteiger charge is -2.41. The maximum absolute atomic E-state index is 6.01. The summed E-state index contributed by atoms with van der Waals surface area (Å²) in [5, 5.41) is 4.47. The predicted octanol–water partition coefficient (Wildman–Crippen LogP) is 3.76. The van der Waals surface area contributed by atoms with E-state index >= 15 is 0 Å². The van der Waals surface area contributed by atoms with Crippen LogP contribution in [-0.4, -0.2) is 48.3 Å². The lowest BCUT2D eigenvalue weighted by atomic mass is 10.0. The first kappa shape index (κ1) is 17.7. The van der Waals surface area contributed by atoms with Gasteiger partial charge in [0.2, 0.25) is 0 Å². The number of nitrogens with zero attached hydrogens (tertiary/aromatic N) is 2. The highest BCUT2D eigenvalue weighted by atomic mass is 32.1. The molecule has 1 saturated heterocycles. The van der Waals surface area contributed by atoms with Crippen LogP contribution < -0.4 is 5.32 Å². The Morgan fingerprint density at radius 1 is 1.15 bits per heavy atom. The van der Waals surface area contributed by atoms with Crippen LogP contribution in [0.25, 0.3) is 21.0 Å². The van der Waals surface area contributed by atoms with Crippen LogP contribution in [0.3, 0.4) is 0 Å². The number of benzene rings is 1. The van der Waals surface area contributed by atoms with Gasteiger partial charge in [0.1, 0.15) is 5.76 Å². The van der Waals surface area contributed by atoms with Gasteiger partial charge in [-0.2, -0.15) is 0 Å². The average molecular weight is 372 g/mol. The van der Waals surface area contributed by atoms with Crippen molar-refractivity contribution in [2.24, 2.45) is 0 Å². The Morgan fingerprint density at radius 2 is 1.96 bits per heavy atom. The topological polar surface area (TPSA) is 50.5 Å². The quantitative estimate of drug-likeness (QED) is 0.715. The van der Waals surface area contributed by atoms with E-state index in [1.54, 1.807) is 11.3 Å². The number of hydrogen-bond donors (Lipinski definition) is 1. The summed E-state index contributed by atoms with van der Waals surface area (Å²) < 4.78 is 12.7. The summed E-state index contributed by atoms with van der Waals surface area (Å²) in [6.07, 6.45) is 0. The smallest absolute Gasteiger partial charge is 0.163 e. The summed E-state index contributed by atoms with van der Waals surface area (Å²) >= 11 is 1.67. The molecule has 0 aliphatic carbocycles. The molecule has 1 fully saturated rings. The van der Waals surface area contributed by atoms with Gasteiger partial charge in [0, 0.05) is 25.2 Å². The molecule has 2 aromatic heterocycles. The number of para-hydroxylation sites is 1. The van der Waals surface area contributed by atoms with Crippen molar-refractivity contribution >= 4 is 21.6 Å². The van der Waals surface area contributed by atoms with Crippen molar-refractivity contribution < 1.29 is 9.15 Å². The molecule has 0 bridgehead atoms. The van der Waals surface area contributed by atoms with E-state index in [4.69, 9.17) is 9.15 Å². The van der Waals surface area contributed by atoms with E-state index in [9.17, 15) is 0 Å². The predicted molar refractivity (Wildman–Crippen MR) is 105 cm³/mol. The van der Waals surface area contributed by atoms with Crippen molar-refractivity contribution in [1.29, 1.82) is 0 Å². The van der Waals surface area contributed by atoms with Gasteiger partial charge in [-0.05, 0) is 38.1 Å². The van der Waals surface area contributed by atoms with Crippen molar-refractivity contribution in [3.05, 3.63) is 42.2 Å². The fraction of sp³-hybridized carbons (Fsp3) is 0.450. The molecule has 0 saturated carbocycles. The van der Waals surface area contributed by atoms with E-state index < -0.39 is 0 Å². The molecule has 26 heavy (non-hydrogen) atoms. The van der Waals surface area contributed by atoms with E-state index in [1.165, 1.54) is 4.70 Å². The van der Waals surface area contributed by atoms with E-state index in [0.717, 1.165) is 61.4 Å². The van der Waals surface area contributed by atoms with Crippen LogP contribution in [0, 0.1) is 0 Å². The lowest BCUT2D eigenvalue weighted by molar-refractivity contribution is -0.00976. The van der Waals surface area contributed by atoms with Gasteiger partial charge in [0.15, 0.2) is 10.8 Å². The molecule has 1 aromatic carbocycles.